The predicted molar refractivity (Wildman–Crippen MR) is 86.4 cm³/mol. The van der Waals surface area contributed by atoms with E-state index >= 15 is 0 Å². The molecule has 0 saturated heterocycles. The van der Waals surface area contributed by atoms with Crippen molar-refractivity contribution < 1.29 is 5.11 Å². The number of benzene rings is 2. The van der Waals surface area contributed by atoms with Gasteiger partial charge in [0.2, 0.25) is 0 Å². The number of aromatic hydroxyl groups is 1. The van der Waals surface area contributed by atoms with E-state index < -0.39 is 0 Å². The Hall–Kier alpha value is -1.73. The molecule has 104 valence electrons. The lowest BCUT2D eigenvalue weighted by atomic mass is 9.77. The number of halogens is 1. The zero-order chi connectivity index (χ0) is 14.9. The average Bonchev–Trinajstić information content (AvgIpc) is 2.41. The summed E-state index contributed by atoms with van der Waals surface area (Å²) in [5.74, 6) is 0.156. The normalized spacial score (nSPS) is 11.4. The van der Waals surface area contributed by atoms with Crippen LogP contribution in [0.4, 0.5) is 0 Å². The SMILES string of the molecule is C=C(C)c1ccc(C(C)(C)c2cccc(Cl)c2O)cc1. The molecule has 2 rings (SSSR count). The number of hydrogen-bond acceptors (Lipinski definition) is 1. The zero-order valence-corrected chi connectivity index (χ0v) is 12.8. The fourth-order valence-corrected chi connectivity index (χ4v) is 2.52. The van der Waals surface area contributed by atoms with Crippen LogP contribution >= 0.6 is 11.6 Å². The molecular weight excluding hydrogens is 268 g/mol. The molecule has 1 N–H and O–H groups in total. The minimum atomic E-state index is -0.317. The lowest BCUT2D eigenvalue weighted by molar-refractivity contribution is 0.453. The Morgan fingerprint density at radius 2 is 1.70 bits per heavy atom. The van der Waals surface area contributed by atoms with Gasteiger partial charge >= 0.3 is 0 Å². The van der Waals surface area contributed by atoms with Crippen molar-refractivity contribution in [1.82, 2.24) is 0 Å². The summed E-state index contributed by atoms with van der Waals surface area (Å²) in [4.78, 5) is 0. The molecule has 0 fully saturated rings. The van der Waals surface area contributed by atoms with Crippen LogP contribution in [-0.2, 0) is 5.41 Å². The smallest absolute Gasteiger partial charge is 0.138 e. The van der Waals surface area contributed by atoms with Crippen molar-refractivity contribution in [3.8, 4) is 5.75 Å². The summed E-state index contributed by atoms with van der Waals surface area (Å²) >= 11 is 6.01. The van der Waals surface area contributed by atoms with Crippen LogP contribution in [0.5, 0.6) is 5.75 Å². The lowest BCUT2D eigenvalue weighted by Gasteiger charge is -2.27. The first-order chi connectivity index (χ1) is 9.34. The third-order valence-corrected chi connectivity index (χ3v) is 4.06. The molecule has 2 aromatic carbocycles. The maximum absolute atomic E-state index is 10.2. The fraction of sp³-hybridized carbons (Fsp3) is 0.222. The van der Waals surface area contributed by atoms with Gasteiger partial charge in [0.25, 0.3) is 0 Å². The molecule has 2 aromatic rings. The van der Waals surface area contributed by atoms with Crippen molar-refractivity contribution in [3.05, 3.63) is 70.8 Å². The van der Waals surface area contributed by atoms with E-state index in [0.717, 1.165) is 22.3 Å². The van der Waals surface area contributed by atoms with Gasteiger partial charge in [-0.3, -0.25) is 0 Å². The van der Waals surface area contributed by atoms with Crippen LogP contribution in [0, 0.1) is 0 Å². The molecule has 0 heterocycles. The largest absolute Gasteiger partial charge is 0.506 e. The molecule has 0 bridgehead atoms. The van der Waals surface area contributed by atoms with Gasteiger partial charge in [0.05, 0.1) is 5.02 Å². The second-order valence-corrected chi connectivity index (χ2v) is 6.03. The van der Waals surface area contributed by atoms with Crippen LogP contribution in [0.2, 0.25) is 5.02 Å². The van der Waals surface area contributed by atoms with E-state index in [1.807, 2.05) is 19.1 Å². The summed E-state index contributed by atoms with van der Waals surface area (Å²) in [7, 11) is 0. The molecule has 0 aliphatic rings. The molecule has 2 heteroatoms. The van der Waals surface area contributed by atoms with E-state index in [0.29, 0.717) is 5.02 Å². The van der Waals surface area contributed by atoms with Gasteiger partial charge in [-0.25, -0.2) is 0 Å². The maximum atomic E-state index is 10.2. The van der Waals surface area contributed by atoms with Crippen molar-refractivity contribution in [2.75, 3.05) is 0 Å². The summed E-state index contributed by atoms with van der Waals surface area (Å²) in [5, 5.41) is 10.6. The van der Waals surface area contributed by atoms with Crippen molar-refractivity contribution in [3.63, 3.8) is 0 Å². The topological polar surface area (TPSA) is 20.2 Å². The Balaban J connectivity index is 2.48. The molecule has 0 aliphatic heterocycles. The standard InChI is InChI=1S/C18H19ClO/c1-12(2)13-8-10-14(11-9-13)18(3,4)15-6-5-7-16(19)17(15)20/h5-11,20H,1H2,2-4H3. The van der Waals surface area contributed by atoms with Gasteiger partial charge in [0.15, 0.2) is 0 Å². The van der Waals surface area contributed by atoms with Gasteiger partial charge in [0.1, 0.15) is 5.75 Å². The summed E-state index contributed by atoms with van der Waals surface area (Å²) in [6, 6.07) is 13.7. The van der Waals surface area contributed by atoms with E-state index in [-0.39, 0.29) is 11.2 Å². The van der Waals surface area contributed by atoms with E-state index in [1.165, 1.54) is 0 Å². The van der Waals surface area contributed by atoms with Crippen LogP contribution in [0.1, 0.15) is 37.5 Å². The second-order valence-electron chi connectivity index (χ2n) is 5.62. The lowest BCUT2D eigenvalue weighted by Crippen LogP contribution is -2.19. The third-order valence-electron chi connectivity index (χ3n) is 3.76. The second kappa shape index (κ2) is 5.34. The van der Waals surface area contributed by atoms with Crippen molar-refractivity contribution in [1.29, 1.82) is 0 Å². The molecule has 0 atom stereocenters. The maximum Gasteiger partial charge on any atom is 0.138 e. The van der Waals surface area contributed by atoms with Gasteiger partial charge < -0.3 is 5.11 Å². The van der Waals surface area contributed by atoms with E-state index in [9.17, 15) is 5.11 Å². The highest BCUT2D eigenvalue weighted by molar-refractivity contribution is 6.32. The van der Waals surface area contributed by atoms with E-state index in [2.05, 4.69) is 44.7 Å². The highest BCUT2D eigenvalue weighted by Crippen LogP contribution is 2.40. The first-order valence-corrected chi connectivity index (χ1v) is 6.96. The Bertz CT molecular complexity index is 639. The third kappa shape index (κ3) is 2.59. The molecule has 0 radical (unpaired) electrons. The van der Waals surface area contributed by atoms with Crippen LogP contribution in [-0.4, -0.2) is 5.11 Å². The Kier molecular flexibility index (Phi) is 3.92. The van der Waals surface area contributed by atoms with Crippen LogP contribution in [0.15, 0.2) is 49.0 Å². The molecule has 0 aliphatic carbocycles. The highest BCUT2D eigenvalue weighted by atomic mass is 35.5. The summed E-state index contributed by atoms with van der Waals surface area (Å²) in [6.07, 6.45) is 0. The first-order valence-electron chi connectivity index (χ1n) is 6.58. The van der Waals surface area contributed by atoms with Crippen LogP contribution in [0.3, 0.4) is 0 Å². The zero-order valence-electron chi connectivity index (χ0n) is 12.1. The summed E-state index contributed by atoms with van der Waals surface area (Å²) in [5.41, 5.74) is 3.80. The van der Waals surface area contributed by atoms with Crippen LogP contribution < -0.4 is 0 Å². The monoisotopic (exact) mass is 286 g/mol. The summed E-state index contributed by atoms with van der Waals surface area (Å²) in [6.45, 7) is 10.1. The average molecular weight is 287 g/mol. The molecule has 1 nitrogen and oxygen atoms in total. The number of para-hydroxylation sites is 1. The molecule has 20 heavy (non-hydrogen) atoms. The minimum Gasteiger partial charge on any atom is -0.506 e. The predicted octanol–water partition coefficient (Wildman–Crippen LogP) is 5.40. The van der Waals surface area contributed by atoms with Crippen molar-refractivity contribution in [2.24, 2.45) is 0 Å². The number of allylic oxidation sites excluding steroid dienone is 1. The molecule has 0 aromatic heterocycles. The van der Waals surface area contributed by atoms with Gasteiger partial charge in [0, 0.05) is 11.0 Å². The number of hydrogen-bond donors (Lipinski definition) is 1. The highest BCUT2D eigenvalue weighted by Gasteiger charge is 2.26. The molecule has 0 amide bonds. The van der Waals surface area contributed by atoms with Gasteiger partial charge in [-0.05, 0) is 24.1 Å². The number of phenolic OH excluding ortho intramolecular Hbond substituents is 1. The van der Waals surface area contributed by atoms with Gasteiger partial charge in [-0.2, -0.15) is 0 Å². The quantitative estimate of drug-likeness (QED) is 0.800. The van der Waals surface area contributed by atoms with E-state index in [4.69, 9.17) is 11.6 Å². The van der Waals surface area contributed by atoms with Crippen LogP contribution in [0.25, 0.3) is 5.57 Å². The molecular formula is C18H19ClO. The Morgan fingerprint density at radius 3 is 2.25 bits per heavy atom. The van der Waals surface area contributed by atoms with E-state index in [1.54, 1.807) is 6.07 Å². The Labute approximate surface area is 125 Å². The molecule has 0 unspecified atom stereocenters. The number of rotatable bonds is 3. The first kappa shape index (κ1) is 14.7. The molecule has 0 spiro atoms. The van der Waals surface area contributed by atoms with Gasteiger partial charge in [-0.15, -0.1) is 0 Å². The minimum absolute atomic E-state index is 0.156. The number of phenols is 1. The van der Waals surface area contributed by atoms with Crippen molar-refractivity contribution >= 4 is 17.2 Å². The van der Waals surface area contributed by atoms with Gasteiger partial charge in [-0.1, -0.05) is 74.0 Å². The van der Waals surface area contributed by atoms with Crippen molar-refractivity contribution in [2.45, 2.75) is 26.2 Å². The molecule has 0 saturated carbocycles. The Morgan fingerprint density at radius 1 is 1.10 bits per heavy atom. The fourth-order valence-electron chi connectivity index (χ4n) is 2.35. The summed E-state index contributed by atoms with van der Waals surface area (Å²) < 4.78 is 0.